The maximum Gasteiger partial charge on any atom is 0.248 e. The van der Waals surface area contributed by atoms with Crippen LogP contribution < -0.4 is 10.1 Å². The van der Waals surface area contributed by atoms with E-state index in [-0.39, 0.29) is 29.7 Å². The smallest absolute Gasteiger partial charge is 0.248 e. The average molecular weight is 395 g/mol. The topological polar surface area (TPSA) is 102 Å². The number of amides is 1. The van der Waals surface area contributed by atoms with Gasteiger partial charge in [0.1, 0.15) is 16.3 Å². The van der Waals surface area contributed by atoms with Gasteiger partial charge in [0.2, 0.25) is 15.9 Å². The maximum atomic E-state index is 12.6. The highest BCUT2D eigenvalue weighted by molar-refractivity contribution is 7.89. The van der Waals surface area contributed by atoms with Crippen molar-refractivity contribution in [2.75, 3.05) is 26.7 Å². The van der Waals surface area contributed by atoms with Crippen LogP contribution in [-0.2, 0) is 14.8 Å². The minimum atomic E-state index is -3.70. The van der Waals surface area contributed by atoms with Gasteiger partial charge in [0, 0.05) is 26.6 Å². The number of para-hydroxylation sites is 1. The Labute approximate surface area is 159 Å². The minimum Gasteiger partial charge on any atom is -0.494 e. The fourth-order valence-electron chi connectivity index (χ4n) is 2.50. The zero-order valence-corrected chi connectivity index (χ0v) is 16.6. The van der Waals surface area contributed by atoms with Gasteiger partial charge in [0.25, 0.3) is 0 Å². The molecule has 2 rings (SSSR count). The lowest BCUT2D eigenvalue weighted by molar-refractivity contribution is -0.121. The number of rotatable bonds is 10. The number of sulfonamides is 1. The Morgan fingerprint density at radius 2 is 1.96 bits per heavy atom. The number of likely N-dealkylation sites (N-methyl/N-ethyl adjacent to an activating group) is 1. The average Bonchev–Trinajstić information content (AvgIpc) is 2.98. The van der Waals surface area contributed by atoms with Crippen molar-refractivity contribution in [1.82, 2.24) is 14.8 Å². The monoisotopic (exact) mass is 395 g/mol. The molecule has 0 fully saturated rings. The van der Waals surface area contributed by atoms with Gasteiger partial charge in [-0.25, -0.2) is 8.42 Å². The predicted molar refractivity (Wildman–Crippen MR) is 100.0 cm³/mol. The number of hydrogen-bond acceptors (Lipinski definition) is 6. The molecule has 0 atom stereocenters. The summed E-state index contributed by atoms with van der Waals surface area (Å²) in [4.78, 5) is 11.9. The van der Waals surface area contributed by atoms with Gasteiger partial charge in [-0.05, 0) is 32.4 Å². The Hall–Kier alpha value is -2.39. The first kappa shape index (κ1) is 20.9. The first-order valence-corrected chi connectivity index (χ1v) is 10.1. The molecule has 1 N–H and O–H groups in total. The molecule has 1 aromatic heterocycles. The fourth-order valence-corrected chi connectivity index (χ4v) is 3.95. The van der Waals surface area contributed by atoms with Crippen LogP contribution in [0.5, 0.6) is 5.75 Å². The molecule has 9 heteroatoms. The number of benzene rings is 1. The lowest BCUT2D eigenvalue weighted by Gasteiger charge is -2.17. The van der Waals surface area contributed by atoms with Crippen LogP contribution in [0.3, 0.4) is 0 Å². The number of carbonyl (C=O) groups excluding carboxylic acids is 1. The molecule has 0 saturated heterocycles. The Bertz CT molecular complexity index is 830. The summed E-state index contributed by atoms with van der Waals surface area (Å²) in [6.07, 6.45) is 0.890. The molecule has 0 saturated carbocycles. The molecule has 148 valence electrons. The molecule has 1 amide bonds. The number of ether oxygens (including phenoxy) is 1. The first-order chi connectivity index (χ1) is 12.8. The van der Waals surface area contributed by atoms with Crippen molar-refractivity contribution >= 4 is 15.9 Å². The van der Waals surface area contributed by atoms with Crippen molar-refractivity contribution in [3.05, 3.63) is 41.8 Å². The molecule has 0 aliphatic rings. The lowest BCUT2D eigenvalue weighted by atomic mass is 10.3. The van der Waals surface area contributed by atoms with Crippen molar-refractivity contribution in [3.8, 4) is 5.75 Å². The van der Waals surface area contributed by atoms with Gasteiger partial charge in [0.15, 0.2) is 5.76 Å². The molecule has 8 nitrogen and oxygen atoms in total. The van der Waals surface area contributed by atoms with Gasteiger partial charge in [0.05, 0.1) is 6.61 Å². The summed E-state index contributed by atoms with van der Waals surface area (Å²) in [6.45, 7) is 3.95. The summed E-state index contributed by atoms with van der Waals surface area (Å²) in [5.74, 6) is 0.876. The number of nitrogens with one attached hydrogen (secondary N) is 1. The van der Waals surface area contributed by atoms with Crippen LogP contribution in [0.15, 0.2) is 39.8 Å². The molecule has 0 spiro atoms. The number of aryl methyl sites for hydroxylation is 2. The SMILES string of the molecule is Cc1noc(C)c1S(=O)(=O)N(C)CCNC(=O)CCCOc1ccccc1. The highest BCUT2D eigenvalue weighted by atomic mass is 32.2. The van der Waals surface area contributed by atoms with Crippen LogP contribution in [0.4, 0.5) is 0 Å². The van der Waals surface area contributed by atoms with Crippen molar-refractivity contribution < 1.29 is 22.5 Å². The van der Waals surface area contributed by atoms with E-state index in [0.717, 1.165) is 5.75 Å². The molecule has 1 aromatic carbocycles. The van der Waals surface area contributed by atoms with Gasteiger partial charge < -0.3 is 14.6 Å². The second-order valence-electron chi connectivity index (χ2n) is 6.09. The summed E-state index contributed by atoms with van der Waals surface area (Å²) < 4.78 is 36.7. The Kier molecular flexibility index (Phi) is 7.37. The molecule has 0 aliphatic heterocycles. The third-order valence-electron chi connectivity index (χ3n) is 3.95. The molecule has 0 radical (unpaired) electrons. The van der Waals surface area contributed by atoms with Crippen molar-refractivity contribution in [3.63, 3.8) is 0 Å². The van der Waals surface area contributed by atoms with Crippen LogP contribution in [0, 0.1) is 13.8 Å². The third kappa shape index (κ3) is 5.80. The summed E-state index contributed by atoms with van der Waals surface area (Å²) >= 11 is 0. The number of carbonyl (C=O) groups is 1. The van der Waals surface area contributed by atoms with E-state index < -0.39 is 10.0 Å². The highest BCUT2D eigenvalue weighted by Gasteiger charge is 2.28. The molecule has 2 aromatic rings. The van der Waals surface area contributed by atoms with Gasteiger partial charge in [-0.2, -0.15) is 4.31 Å². The van der Waals surface area contributed by atoms with Crippen molar-refractivity contribution in [1.29, 1.82) is 0 Å². The quantitative estimate of drug-likeness (QED) is 0.617. The Morgan fingerprint density at radius 3 is 2.59 bits per heavy atom. The van der Waals surface area contributed by atoms with E-state index in [0.29, 0.717) is 25.1 Å². The second kappa shape index (κ2) is 9.52. The van der Waals surface area contributed by atoms with E-state index in [1.54, 1.807) is 13.8 Å². The molecule has 0 unspecified atom stereocenters. The molecular formula is C18H25N3O5S. The summed E-state index contributed by atoms with van der Waals surface area (Å²) in [7, 11) is -2.24. The van der Waals surface area contributed by atoms with Gasteiger partial charge in [-0.1, -0.05) is 23.4 Å². The van der Waals surface area contributed by atoms with Crippen LogP contribution in [0.2, 0.25) is 0 Å². The van der Waals surface area contributed by atoms with Gasteiger partial charge in [-0.3, -0.25) is 4.79 Å². The molecule has 27 heavy (non-hydrogen) atoms. The van der Waals surface area contributed by atoms with E-state index in [2.05, 4.69) is 10.5 Å². The highest BCUT2D eigenvalue weighted by Crippen LogP contribution is 2.21. The van der Waals surface area contributed by atoms with Gasteiger partial charge >= 0.3 is 0 Å². The zero-order valence-electron chi connectivity index (χ0n) is 15.8. The standard InChI is InChI=1S/C18H25N3O5S/c1-14-18(15(2)26-20-14)27(23,24)21(3)12-11-19-17(22)10-7-13-25-16-8-5-4-6-9-16/h4-6,8-9H,7,10-13H2,1-3H3,(H,19,22). The molecule has 1 heterocycles. The van der Waals surface area contributed by atoms with E-state index in [1.165, 1.54) is 11.4 Å². The summed E-state index contributed by atoms with van der Waals surface area (Å²) in [6, 6.07) is 9.39. The molecular weight excluding hydrogens is 370 g/mol. The normalized spacial score (nSPS) is 11.6. The fraction of sp³-hybridized carbons (Fsp3) is 0.444. The van der Waals surface area contributed by atoms with Crippen LogP contribution >= 0.6 is 0 Å². The lowest BCUT2D eigenvalue weighted by Crippen LogP contribution is -2.36. The summed E-state index contributed by atoms with van der Waals surface area (Å²) in [5.41, 5.74) is 0.321. The zero-order chi connectivity index (χ0) is 19.9. The number of hydrogen-bond donors (Lipinski definition) is 1. The van der Waals surface area contributed by atoms with E-state index in [1.807, 2.05) is 30.3 Å². The third-order valence-corrected chi connectivity index (χ3v) is 6.05. The Morgan fingerprint density at radius 1 is 1.26 bits per heavy atom. The Balaban J connectivity index is 1.70. The molecule has 0 bridgehead atoms. The summed E-state index contributed by atoms with van der Waals surface area (Å²) in [5, 5.41) is 6.39. The van der Waals surface area contributed by atoms with E-state index >= 15 is 0 Å². The van der Waals surface area contributed by atoms with Crippen LogP contribution in [-0.4, -0.2) is 50.5 Å². The minimum absolute atomic E-state index is 0.0781. The van der Waals surface area contributed by atoms with Crippen molar-refractivity contribution in [2.45, 2.75) is 31.6 Å². The van der Waals surface area contributed by atoms with Crippen LogP contribution in [0.1, 0.15) is 24.3 Å². The van der Waals surface area contributed by atoms with E-state index in [9.17, 15) is 13.2 Å². The predicted octanol–water partition coefficient (Wildman–Crippen LogP) is 1.89. The number of aromatic nitrogens is 1. The first-order valence-electron chi connectivity index (χ1n) is 8.66. The molecule has 0 aliphatic carbocycles. The van der Waals surface area contributed by atoms with Crippen molar-refractivity contribution in [2.24, 2.45) is 0 Å². The second-order valence-corrected chi connectivity index (χ2v) is 8.08. The maximum absolute atomic E-state index is 12.6. The largest absolute Gasteiger partial charge is 0.494 e. The number of nitrogens with zero attached hydrogens (tertiary/aromatic N) is 2. The van der Waals surface area contributed by atoms with Crippen LogP contribution in [0.25, 0.3) is 0 Å². The van der Waals surface area contributed by atoms with Gasteiger partial charge in [-0.15, -0.1) is 0 Å². The van der Waals surface area contributed by atoms with E-state index in [4.69, 9.17) is 9.26 Å².